The van der Waals surface area contributed by atoms with Crippen LogP contribution in [0.15, 0.2) is 41.0 Å². The van der Waals surface area contributed by atoms with Crippen LogP contribution in [0.5, 0.6) is 0 Å². The molecular weight excluding hydrogens is 346 g/mol. The molecule has 144 valence electrons. The molecule has 1 aromatic heterocycles. The van der Waals surface area contributed by atoms with Gasteiger partial charge in [-0.15, -0.1) is 0 Å². The van der Waals surface area contributed by atoms with Crippen LogP contribution in [-0.4, -0.2) is 49.6 Å². The topological polar surface area (TPSA) is 83.8 Å². The number of morpholine rings is 1. The number of hydrogen-bond acceptors (Lipinski definition) is 5. The Morgan fingerprint density at radius 3 is 2.52 bits per heavy atom. The number of amides is 2. The Balaban J connectivity index is 1.48. The molecule has 1 aliphatic heterocycles. The largest absolute Gasteiger partial charge is 0.469 e. The second-order valence-corrected chi connectivity index (χ2v) is 6.51. The van der Waals surface area contributed by atoms with Crippen LogP contribution in [0.3, 0.4) is 0 Å². The summed E-state index contributed by atoms with van der Waals surface area (Å²) in [6.45, 7) is 6.26. The Labute approximate surface area is 158 Å². The molecule has 0 atom stereocenters. The van der Waals surface area contributed by atoms with Gasteiger partial charge in [-0.25, -0.2) is 0 Å². The molecule has 27 heavy (non-hydrogen) atoms. The minimum Gasteiger partial charge on any atom is -0.469 e. The summed E-state index contributed by atoms with van der Waals surface area (Å²) in [6, 6.07) is 9.66. The van der Waals surface area contributed by atoms with Gasteiger partial charge in [0.05, 0.1) is 31.6 Å². The van der Waals surface area contributed by atoms with Gasteiger partial charge in [0, 0.05) is 26.2 Å². The number of aryl methyl sites for hydroxylation is 1. The van der Waals surface area contributed by atoms with E-state index >= 15 is 0 Å². The zero-order valence-corrected chi connectivity index (χ0v) is 15.5. The van der Waals surface area contributed by atoms with E-state index in [9.17, 15) is 9.59 Å². The highest BCUT2D eigenvalue weighted by Gasteiger charge is 2.14. The second-order valence-electron chi connectivity index (χ2n) is 6.51. The van der Waals surface area contributed by atoms with Gasteiger partial charge in [0.25, 0.3) is 5.91 Å². The lowest BCUT2D eigenvalue weighted by Gasteiger charge is -2.27. The molecule has 0 bridgehead atoms. The Morgan fingerprint density at radius 2 is 1.81 bits per heavy atom. The molecule has 2 aromatic rings. The molecule has 0 spiro atoms. The van der Waals surface area contributed by atoms with E-state index in [1.807, 2.05) is 18.2 Å². The second kappa shape index (κ2) is 9.34. The van der Waals surface area contributed by atoms with Crippen LogP contribution in [-0.2, 0) is 22.6 Å². The fraction of sp³-hybridized carbons (Fsp3) is 0.400. The van der Waals surface area contributed by atoms with E-state index in [2.05, 4.69) is 21.6 Å². The van der Waals surface area contributed by atoms with Gasteiger partial charge >= 0.3 is 0 Å². The Kier molecular flexibility index (Phi) is 6.62. The molecule has 2 N–H and O–H groups in total. The molecule has 3 rings (SSSR count). The van der Waals surface area contributed by atoms with Crippen molar-refractivity contribution in [3.63, 3.8) is 0 Å². The van der Waals surface area contributed by atoms with E-state index in [1.54, 1.807) is 13.0 Å². The predicted molar refractivity (Wildman–Crippen MR) is 100 cm³/mol. The lowest BCUT2D eigenvalue weighted by molar-refractivity contribution is -0.120. The fourth-order valence-electron chi connectivity index (χ4n) is 3.02. The highest BCUT2D eigenvalue weighted by molar-refractivity contribution is 5.97. The summed E-state index contributed by atoms with van der Waals surface area (Å²) >= 11 is 0. The summed E-state index contributed by atoms with van der Waals surface area (Å²) in [6.07, 6.45) is 1.45. The zero-order valence-electron chi connectivity index (χ0n) is 15.5. The van der Waals surface area contributed by atoms with Crippen LogP contribution in [0.1, 0.15) is 27.2 Å². The summed E-state index contributed by atoms with van der Waals surface area (Å²) < 4.78 is 10.5. The number of hydrogen-bond donors (Lipinski definition) is 2. The molecule has 1 fully saturated rings. The summed E-state index contributed by atoms with van der Waals surface area (Å²) in [5.74, 6) is -0.0141. The Bertz CT molecular complexity index is 781. The normalized spacial score (nSPS) is 14.7. The number of rotatable bonds is 7. The monoisotopic (exact) mass is 371 g/mol. The summed E-state index contributed by atoms with van der Waals surface area (Å²) in [7, 11) is 0. The van der Waals surface area contributed by atoms with Gasteiger partial charge in [-0.2, -0.15) is 0 Å². The maximum atomic E-state index is 12.1. The highest BCUT2D eigenvalue weighted by atomic mass is 16.5. The number of benzene rings is 1. The van der Waals surface area contributed by atoms with Crippen molar-refractivity contribution < 1.29 is 18.7 Å². The molecule has 2 amide bonds. The number of carbonyl (C=O) groups excluding carboxylic acids is 2. The lowest BCUT2D eigenvalue weighted by Crippen LogP contribution is -2.37. The van der Waals surface area contributed by atoms with Crippen LogP contribution in [0.4, 0.5) is 0 Å². The molecule has 0 saturated carbocycles. The van der Waals surface area contributed by atoms with Crippen molar-refractivity contribution in [1.29, 1.82) is 0 Å². The number of nitrogens with zero attached hydrogens (tertiary/aromatic N) is 1. The van der Waals surface area contributed by atoms with Crippen molar-refractivity contribution >= 4 is 11.8 Å². The first-order chi connectivity index (χ1) is 13.1. The predicted octanol–water partition coefficient (Wildman–Crippen LogP) is 1.47. The van der Waals surface area contributed by atoms with Gasteiger partial charge in [0.2, 0.25) is 5.91 Å². The van der Waals surface area contributed by atoms with Crippen LogP contribution in [0, 0.1) is 6.92 Å². The van der Waals surface area contributed by atoms with E-state index in [1.165, 1.54) is 11.8 Å². The van der Waals surface area contributed by atoms with Crippen LogP contribution >= 0.6 is 0 Å². The third-order valence-electron chi connectivity index (χ3n) is 4.60. The molecule has 1 saturated heterocycles. The van der Waals surface area contributed by atoms with Crippen molar-refractivity contribution in [1.82, 2.24) is 15.5 Å². The number of nitrogens with one attached hydrogen (secondary N) is 2. The maximum absolute atomic E-state index is 12.1. The third-order valence-corrected chi connectivity index (χ3v) is 4.60. The standard InChI is InChI=1S/C20H25N3O4/c1-15-18(6-9-27-15)20(25)22-13-19(24)21-12-16-4-2-3-5-17(16)14-23-7-10-26-11-8-23/h2-6,9H,7-8,10-14H2,1H3,(H,21,24)(H,22,25). The molecule has 1 aliphatic rings. The smallest absolute Gasteiger partial charge is 0.255 e. The summed E-state index contributed by atoms with van der Waals surface area (Å²) in [5.41, 5.74) is 2.71. The molecule has 0 unspecified atom stereocenters. The lowest BCUT2D eigenvalue weighted by atomic mass is 10.1. The number of carbonyl (C=O) groups is 2. The van der Waals surface area contributed by atoms with Gasteiger partial charge in [-0.05, 0) is 24.1 Å². The molecule has 7 heteroatoms. The number of ether oxygens (including phenoxy) is 1. The quantitative estimate of drug-likeness (QED) is 0.770. The average Bonchev–Trinajstić information content (AvgIpc) is 3.12. The van der Waals surface area contributed by atoms with Gasteiger partial charge in [0.1, 0.15) is 5.76 Å². The molecule has 0 aliphatic carbocycles. The Morgan fingerprint density at radius 1 is 1.07 bits per heavy atom. The van der Waals surface area contributed by atoms with Crippen molar-refractivity contribution in [3.05, 3.63) is 59.0 Å². The van der Waals surface area contributed by atoms with Gasteiger partial charge < -0.3 is 19.8 Å². The molecule has 2 heterocycles. The van der Waals surface area contributed by atoms with Crippen molar-refractivity contribution in [2.75, 3.05) is 32.8 Å². The van der Waals surface area contributed by atoms with Crippen LogP contribution in [0.25, 0.3) is 0 Å². The highest BCUT2D eigenvalue weighted by Crippen LogP contribution is 2.13. The zero-order chi connectivity index (χ0) is 19.1. The van der Waals surface area contributed by atoms with E-state index in [0.717, 1.165) is 38.4 Å². The molecule has 1 aromatic carbocycles. The minimum atomic E-state index is -0.316. The van der Waals surface area contributed by atoms with Crippen molar-refractivity contribution in [3.8, 4) is 0 Å². The average molecular weight is 371 g/mol. The molecule has 0 radical (unpaired) electrons. The van der Waals surface area contributed by atoms with Gasteiger partial charge in [-0.1, -0.05) is 24.3 Å². The first-order valence-electron chi connectivity index (χ1n) is 9.09. The van der Waals surface area contributed by atoms with E-state index in [0.29, 0.717) is 17.9 Å². The van der Waals surface area contributed by atoms with E-state index in [-0.39, 0.29) is 18.4 Å². The molecule has 7 nitrogen and oxygen atoms in total. The van der Waals surface area contributed by atoms with Gasteiger partial charge in [0.15, 0.2) is 0 Å². The first-order valence-corrected chi connectivity index (χ1v) is 9.09. The fourth-order valence-corrected chi connectivity index (χ4v) is 3.02. The molecular formula is C20H25N3O4. The number of furan rings is 1. The third kappa shape index (κ3) is 5.42. The van der Waals surface area contributed by atoms with E-state index in [4.69, 9.17) is 9.15 Å². The van der Waals surface area contributed by atoms with Crippen LogP contribution in [0.2, 0.25) is 0 Å². The summed E-state index contributed by atoms with van der Waals surface area (Å²) in [4.78, 5) is 26.5. The van der Waals surface area contributed by atoms with Crippen molar-refractivity contribution in [2.45, 2.75) is 20.0 Å². The minimum absolute atomic E-state index is 0.0743. The van der Waals surface area contributed by atoms with Crippen LogP contribution < -0.4 is 10.6 Å². The first kappa shape index (κ1) is 19.1. The maximum Gasteiger partial charge on any atom is 0.255 e. The Hall–Kier alpha value is -2.64. The van der Waals surface area contributed by atoms with Crippen molar-refractivity contribution in [2.24, 2.45) is 0 Å². The van der Waals surface area contributed by atoms with E-state index < -0.39 is 0 Å². The SMILES string of the molecule is Cc1occc1C(=O)NCC(=O)NCc1ccccc1CN1CCOCC1. The summed E-state index contributed by atoms with van der Waals surface area (Å²) in [5, 5.41) is 5.48. The van der Waals surface area contributed by atoms with Gasteiger partial charge in [-0.3, -0.25) is 14.5 Å².